The SMILES string of the molecule is CC(=O)N1C(C)CN(c2cccc(-c3c[nH]c4ncc(OCc5ccccc5)cc34)n2)CC1C. The van der Waals surface area contributed by atoms with Gasteiger partial charge in [0.05, 0.1) is 11.9 Å². The predicted molar refractivity (Wildman–Crippen MR) is 134 cm³/mol. The summed E-state index contributed by atoms with van der Waals surface area (Å²) in [5, 5.41) is 0.971. The molecule has 4 aromatic rings. The van der Waals surface area contributed by atoms with Crippen LogP contribution in [0.4, 0.5) is 5.82 Å². The van der Waals surface area contributed by atoms with Crippen LogP contribution in [-0.2, 0) is 11.4 Å². The molecule has 0 aliphatic carbocycles. The van der Waals surface area contributed by atoms with Crippen LogP contribution in [0.5, 0.6) is 5.75 Å². The first-order chi connectivity index (χ1) is 16.5. The monoisotopic (exact) mass is 455 g/mol. The molecule has 1 fully saturated rings. The summed E-state index contributed by atoms with van der Waals surface area (Å²) in [4.78, 5) is 29.0. The maximum absolute atomic E-state index is 12.0. The van der Waals surface area contributed by atoms with Crippen LogP contribution in [0, 0.1) is 0 Å². The average molecular weight is 456 g/mol. The van der Waals surface area contributed by atoms with Crippen molar-refractivity contribution in [2.75, 3.05) is 18.0 Å². The van der Waals surface area contributed by atoms with Crippen LogP contribution in [-0.4, -0.2) is 50.9 Å². The summed E-state index contributed by atoms with van der Waals surface area (Å²) < 4.78 is 6.00. The molecular formula is C27H29N5O2. The quantitative estimate of drug-likeness (QED) is 0.474. The van der Waals surface area contributed by atoms with Gasteiger partial charge in [-0.05, 0) is 37.6 Å². The van der Waals surface area contributed by atoms with E-state index in [0.717, 1.165) is 52.5 Å². The number of benzene rings is 1. The van der Waals surface area contributed by atoms with E-state index in [2.05, 4.69) is 28.7 Å². The van der Waals surface area contributed by atoms with Crippen LogP contribution in [0.3, 0.4) is 0 Å². The zero-order valence-electron chi connectivity index (χ0n) is 19.7. The number of rotatable bonds is 5. The number of carbonyl (C=O) groups excluding carboxylic acids is 1. The van der Waals surface area contributed by atoms with Gasteiger partial charge in [-0.2, -0.15) is 0 Å². The minimum Gasteiger partial charge on any atom is -0.487 e. The highest BCUT2D eigenvalue weighted by Gasteiger charge is 2.31. The van der Waals surface area contributed by atoms with Crippen LogP contribution >= 0.6 is 0 Å². The third-order valence-corrected chi connectivity index (χ3v) is 6.37. The Morgan fingerprint density at radius 1 is 1.09 bits per heavy atom. The molecule has 0 bridgehead atoms. The van der Waals surface area contributed by atoms with Crippen molar-refractivity contribution in [3.05, 3.63) is 72.6 Å². The van der Waals surface area contributed by atoms with Gasteiger partial charge in [0.1, 0.15) is 23.8 Å². The van der Waals surface area contributed by atoms with Crippen LogP contribution in [0.1, 0.15) is 26.3 Å². The summed E-state index contributed by atoms with van der Waals surface area (Å²) in [5.74, 6) is 1.76. The van der Waals surface area contributed by atoms with E-state index in [9.17, 15) is 4.79 Å². The van der Waals surface area contributed by atoms with Gasteiger partial charge < -0.3 is 19.5 Å². The second-order valence-corrected chi connectivity index (χ2v) is 8.95. The first-order valence-electron chi connectivity index (χ1n) is 11.6. The molecule has 0 saturated carbocycles. The molecule has 174 valence electrons. The summed E-state index contributed by atoms with van der Waals surface area (Å²) in [6, 6.07) is 18.5. The maximum atomic E-state index is 12.0. The lowest BCUT2D eigenvalue weighted by atomic mass is 10.1. The molecule has 0 radical (unpaired) electrons. The first-order valence-corrected chi connectivity index (χ1v) is 11.6. The Kier molecular flexibility index (Phi) is 5.92. The Morgan fingerprint density at radius 2 is 1.85 bits per heavy atom. The summed E-state index contributed by atoms with van der Waals surface area (Å²) in [5.41, 5.74) is 3.77. The fourth-order valence-corrected chi connectivity index (χ4v) is 4.90. The Labute approximate surface area is 199 Å². The molecule has 2 unspecified atom stereocenters. The number of H-pyrrole nitrogens is 1. The number of piperazine rings is 1. The smallest absolute Gasteiger partial charge is 0.220 e. The van der Waals surface area contributed by atoms with E-state index in [4.69, 9.17) is 9.72 Å². The lowest BCUT2D eigenvalue weighted by Crippen LogP contribution is -2.58. The second-order valence-electron chi connectivity index (χ2n) is 8.95. The molecule has 1 aromatic carbocycles. The van der Waals surface area contributed by atoms with E-state index >= 15 is 0 Å². The molecule has 34 heavy (non-hydrogen) atoms. The molecule has 0 spiro atoms. The third-order valence-electron chi connectivity index (χ3n) is 6.37. The van der Waals surface area contributed by atoms with Gasteiger partial charge in [0, 0.05) is 49.2 Å². The number of hydrogen-bond donors (Lipinski definition) is 1. The second kappa shape index (κ2) is 9.17. The van der Waals surface area contributed by atoms with Gasteiger partial charge in [-0.1, -0.05) is 36.4 Å². The minimum atomic E-state index is 0.123. The summed E-state index contributed by atoms with van der Waals surface area (Å²) in [6.45, 7) is 7.83. The molecule has 5 rings (SSSR count). The lowest BCUT2D eigenvalue weighted by molar-refractivity contribution is -0.133. The number of anilines is 1. The van der Waals surface area contributed by atoms with Crippen LogP contribution in [0.25, 0.3) is 22.3 Å². The van der Waals surface area contributed by atoms with Crippen molar-refractivity contribution in [1.29, 1.82) is 0 Å². The Morgan fingerprint density at radius 3 is 2.59 bits per heavy atom. The number of amides is 1. The molecular weight excluding hydrogens is 426 g/mol. The van der Waals surface area contributed by atoms with Gasteiger partial charge >= 0.3 is 0 Å². The zero-order valence-corrected chi connectivity index (χ0v) is 19.7. The minimum absolute atomic E-state index is 0.123. The fraction of sp³-hybridized carbons (Fsp3) is 0.296. The number of pyridine rings is 2. The summed E-state index contributed by atoms with van der Waals surface area (Å²) >= 11 is 0. The van der Waals surface area contributed by atoms with E-state index in [1.165, 1.54) is 0 Å². The fourth-order valence-electron chi connectivity index (χ4n) is 4.90. The van der Waals surface area contributed by atoms with Crippen LogP contribution in [0.2, 0.25) is 0 Å². The topological polar surface area (TPSA) is 74.4 Å². The highest BCUT2D eigenvalue weighted by Crippen LogP contribution is 2.31. The largest absolute Gasteiger partial charge is 0.487 e. The van der Waals surface area contributed by atoms with Crippen molar-refractivity contribution >= 4 is 22.8 Å². The molecule has 1 N–H and O–H groups in total. The number of nitrogens with zero attached hydrogens (tertiary/aromatic N) is 4. The van der Waals surface area contributed by atoms with Gasteiger partial charge in [-0.3, -0.25) is 4.79 Å². The predicted octanol–water partition coefficient (Wildman–Crippen LogP) is 4.65. The van der Waals surface area contributed by atoms with E-state index in [1.807, 2.05) is 65.7 Å². The first kappa shape index (κ1) is 21.9. The molecule has 3 aromatic heterocycles. The number of aromatic amines is 1. The van der Waals surface area contributed by atoms with Crippen LogP contribution < -0.4 is 9.64 Å². The molecule has 7 heteroatoms. The van der Waals surface area contributed by atoms with Crippen molar-refractivity contribution < 1.29 is 9.53 Å². The highest BCUT2D eigenvalue weighted by molar-refractivity contribution is 5.93. The van der Waals surface area contributed by atoms with Crippen molar-refractivity contribution in [3.8, 4) is 17.0 Å². The van der Waals surface area contributed by atoms with Gasteiger partial charge in [0.2, 0.25) is 5.91 Å². The normalized spacial score (nSPS) is 18.3. The number of nitrogens with one attached hydrogen (secondary N) is 1. The summed E-state index contributed by atoms with van der Waals surface area (Å²) in [6.07, 6.45) is 3.69. The number of ether oxygens (including phenoxy) is 1. The van der Waals surface area contributed by atoms with Crippen molar-refractivity contribution in [2.45, 2.75) is 39.5 Å². The standard InChI is InChI=1S/C27H29N5O2/c1-18-15-31(16-19(2)32(18)20(3)33)26-11-7-10-25(30-26)24-14-29-27-23(24)12-22(13-28-27)34-17-21-8-5-4-6-9-21/h4-14,18-19H,15-17H2,1-3H3,(H,28,29). The van der Waals surface area contributed by atoms with E-state index in [0.29, 0.717) is 6.61 Å². The van der Waals surface area contributed by atoms with Crippen LogP contribution in [0.15, 0.2) is 67.0 Å². The van der Waals surface area contributed by atoms with Gasteiger partial charge in [0.15, 0.2) is 0 Å². The molecule has 2 atom stereocenters. The Hall–Kier alpha value is -3.87. The molecule has 4 heterocycles. The lowest BCUT2D eigenvalue weighted by Gasteiger charge is -2.44. The van der Waals surface area contributed by atoms with Crippen molar-refractivity contribution in [1.82, 2.24) is 19.9 Å². The Bertz CT molecular complexity index is 1290. The van der Waals surface area contributed by atoms with Gasteiger partial charge in [-0.15, -0.1) is 0 Å². The number of hydrogen-bond acceptors (Lipinski definition) is 5. The Balaban J connectivity index is 1.40. The molecule has 1 aliphatic heterocycles. The highest BCUT2D eigenvalue weighted by atomic mass is 16.5. The van der Waals surface area contributed by atoms with Gasteiger partial charge in [0.25, 0.3) is 0 Å². The maximum Gasteiger partial charge on any atom is 0.220 e. The molecule has 1 saturated heterocycles. The van der Waals surface area contributed by atoms with E-state index in [-0.39, 0.29) is 18.0 Å². The number of fused-ring (bicyclic) bond motifs is 1. The number of aromatic nitrogens is 3. The zero-order chi connectivity index (χ0) is 23.7. The van der Waals surface area contributed by atoms with Crippen molar-refractivity contribution in [2.24, 2.45) is 0 Å². The average Bonchev–Trinajstić information content (AvgIpc) is 3.26. The molecule has 1 amide bonds. The number of carbonyl (C=O) groups is 1. The van der Waals surface area contributed by atoms with Gasteiger partial charge in [-0.25, -0.2) is 9.97 Å². The third kappa shape index (κ3) is 4.33. The van der Waals surface area contributed by atoms with E-state index in [1.54, 1.807) is 13.1 Å². The summed E-state index contributed by atoms with van der Waals surface area (Å²) in [7, 11) is 0. The molecule has 7 nitrogen and oxygen atoms in total. The van der Waals surface area contributed by atoms with Crippen molar-refractivity contribution in [3.63, 3.8) is 0 Å². The molecule has 1 aliphatic rings. The van der Waals surface area contributed by atoms with E-state index < -0.39 is 0 Å².